The molecule has 3 aromatic rings. The van der Waals surface area contributed by atoms with Gasteiger partial charge in [-0.25, -0.2) is 0 Å². The number of nitrogens with one attached hydrogen (secondary N) is 1. The van der Waals surface area contributed by atoms with Crippen LogP contribution in [0.2, 0.25) is 0 Å². The van der Waals surface area contributed by atoms with Crippen LogP contribution in [0.4, 0.5) is 0 Å². The molecule has 3 aromatic carbocycles. The molecule has 3 nitrogen and oxygen atoms in total. The second kappa shape index (κ2) is 9.68. The maximum Gasteiger partial charge on any atom is 0.250 e. The summed E-state index contributed by atoms with van der Waals surface area (Å²) >= 11 is 0. The number of hydrogen-bond donors (Lipinski definition) is 2. The minimum absolute atomic E-state index is 0.311. The van der Waals surface area contributed by atoms with Gasteiger partial charge in [-0.3, -0.25) is 4.79 Å². The quantitative estimate of drug-likeness (QED) is 0.256. The molecule has 29 heavy (non-hydrogen) atoms. The van der Waals surface area contributed by atoms with E-state index in [1.807, 2.05) is 60.7 Å². The van der Waals surface area contributed by atoms with Gasteiger partial charge in [0.25, 0.3) is 0 Å². The average Bonchev–Trinajstić information content (AvgIpc) is 2.77. The van der Waals surface area contributed by atoms with Crippen LogP contribution in [-0.2, 0) is 4.79 Å². The van der Waals surface area contributed by atoms with E-state index in [9.17, 15) is 4.79 Å². The smallest absolute Gasteiger partial charge is 0.250 e. The van der Waals surface area contributed by atoms with Crippen LogP contribution in [0.15, 0.2) is 73.8 Å². The Morgan fingerprint density at radius 2 is 1.52 bits per heavy atom. The lowest BCUT2D eigenvalue weighted by Crippen LogP contribution is -2.16. The Kier molecular flexibility index (Phi) is 7.06. The molecule has 1 amide bonds. The number of primary amides is 1. The van der Waals surface area contributed by atoms with Crippen molar-refractivity contribution in [2.45, 2.75) is 0 Å². The molecule has 0 radical (unpaired) electrons. The zero-order valence-corrected chi connectivity index (χ0v) is 16.1. The van der Waals surface area contributed by atoms with Crippen molar-refractivity contribution in [3.63, 3.8) is 0 Å². The van der Waals surface area contributed by atoms with Crippen LogP contribution in [0.5, 0.6) is 0 Å². The molecule has 0 spiro atoms. The predicted molar refractivity (Wildman–Crippen MR) is 125 cm³/mol. The summed E-state index contributed by atoms with van der Waals surface area (Å²) in [5.74, 6) is -0.580. The number of hydrogen-bond acceptors (Lipinski definition) is 2. The Bertz CT molecular complexity index is 1140. The van der Waals surface area contributed by atoms with E-state index in [1.54, 1.807) is 12.2 Å². The molecule has 0 atom stereocenters. The highest BCUT2D eigenvalue weighted by Crippen LogP contribution is 2.33. The van der Waals surface area contributed by atoms with E-state index in [2.05, 4.69) is 26.0 Å². The fraction of sp³-hybridized carbons (Fsp3) is 0. The number of fused-ring (bicyclic) bond motifs is 1. The first-order chi connectivity index (χ1) is 14.1. The molecular weight excluding hydrogens is 356 g/mol. The van der Waals surface area contributed by atoms with E-state index < -0.39 is 5.91 Å². The number of benzene rings is 3. The topological polar surface area (TPSA) is 66.9 Å². The van der Waals surface area contributed by atoms with Crippen molar-refractivity contribution in [1.82, 2.24) is 0 Å². The van der Waals surface area contributed by atoms with Gasteiger partial charge in [0.05, 0.1) is 5.57 Å². The average molecular weight is 378 g/mol. The summed E-state index contributed by atoms with van der Waals surface area (Å²) in [5.41, 5.74) is 9.67. The Hall–Kier alpha value is -4.16. The molecule has 0 aliphatic rings. The number of amides is 1. The Balaban J connectivity index is 0.00000145. The fourth-order valence-corrected chi connectivity index (χ4v) is 3.36. The molecule has 0 saturated carbocycles. The van der Waals surface area contributed by atoms with Gasteiger partial charge < -0.3 is 11.1 Å². The maximum atomic E-state index is 12.5. The van der Waals surface area contributed by atoms with Crippen LogP contribution < -0.4 is 5.73 Å². The fourth-order valence-electron chi connectivity index (χ4n) is 3.36. The van der Waals surface area contributed by atoms with Gasteiger partial charge in [-0.1, -0.05) is 86.0 Å². The third-order valence-corrected chi connectivity index (χ3v) is 4.57. The Morgan fingerprint density at radius 3 is 2.14 bits per heavy atom. The van der Waals surface area contributed by atoms with E-state index in [0.29, 0.717) is 16.7 Å². The SMILES string of the molecule is C#C.C=Cc1cccc(/C(C=N)=C(/C(N)=O)c2cccc3ccccc23)c1C=C. The lowest BCUT2D eigenvalue weighted by Gasteiger charge is -2.15. The molecule has 0 unspecified atom stereocenters. The van der Waals surface area contributed by atoms with Crippen LogP contribution in [0, 0.1) is 18.3 Å². The van der Waals surface area contributed by atoms with Gasteiger partial charge in [0.15, 0.2) is 0 Å². The standard InChI is InChI=1S/C24H20N2O.C2H2/c1-3-16-10-7-13-20(18(16)4-2)22(15-25)23(24(26)27)21-14-8-11-17-9-5-6-12-19(17)21;1-2/h3-15,25H,1-2H2,(H2,26,27);1-2H/b23-22+,25-15?;. The normalized spacial score (nSPS) is 10.8. The zero-order chi connectivity index (χ0) is 21.4. The van der Waals surface area contributed by atoms with Crippen LogP contribution >= 0.6 is 0 Å². The van der Waals surface area contributed by atoms with Crippen LogP contribution in [0.3, 0.4) is 0 Å². The molecule has 0 heterocycles. The van der Waals surface area contributed by atoms with Crippen LogP contribution in [-0.4, -0.2) is 12.1 Å². The Labute approximate surface area is 171 Å². The van der Waals surface area contributed by atoms with Crippen molar-refractivity contribution in [2.75, 3.05) is 0 Å². The Morgan fingerprint density at radius 1 is 0.897 bits per heavy atom. The van der Waals surface area contributed by atoms with Crippen molar-refractivity contribution in [2.24, 2.45) is 5.73 Å². The number of carbonyl (C=O) groups is 1. The van der Waals surface area contributed by atoms with Gasteiger partial charge in [0, 0.05) is 11.8 Å². The second-order valence-electron chi connectivity index (χ2n) is 6.04. The lowest BCUT2D eigenvalue weighted by molar-refractivity contribution is -0.112. The number of allylic oxidation sites excluding steroid dienone is 1. The van der Waals surface area contributed by atoms with Gasteiger partial charge in [-0.2, -0.15) is 0 Å². The van der Waals surface area contributed by atoms with E-state index in [1.165, 1.54) is 6.21 Å². The molecule has 0 saturated heterocycles. The first-order valence-corrected chi connectivity index (χ1v) is 8.86. The van der Waals surface area contributed by atoms with Crippen molar-refractivity contribution in [3.8, 4) is 12.8 Å². The minimum Gasteiger partial charge on any atom is -0.366 e. The summed E-state index contributed by atoms with van der Waals surface area (Å²) in [5, 5.41) is 9.94. The van der Waals surface area contributed by atoms with Gasteiger partial charge in [0.2, 0.25) is 5.91 Å². The molecule has 0 aliphatic carbocycles. The van der Waals surface area contributed by atoms with E-state index in [-0.39, 0.29) is 0 Å². The van der Waals surface area contributed by atoms with Gasteiger partial charge in [-0.05, 0) is 33.0 Å². The summed E-state index contributed by atoms with van der Waals surface area (Å²) in [6, 6.07) is 19.2. The number of terminal acetylenes is 1. The first-order valence-electron chi connectivity index (χ1n) is 8.86. The molecule has 3 N–H and O–H groups in total. The van der Waals surface area contributed by atoms with Crippen LogP contribution in [0.25, 0.3) is 34.1 Å². The lowest BCUT2D eigenvalue weighted by atomic mass is 9.88. The number of carbonyl (C=O) groups excluding carboxylic acids is 1. The molecule has 0 fully saturated rings. The summed E-state index contributed by atoms with van der Waals surface area (Å²) < 4.78 is 0. The highest BCUT2D eigenvalue weighted by Gasteiger charge is 2.19. The molecule has 3 rings (SSSR count). The van der Waals surface area contributed by atoms with Crippen molar-refractivity contribution in [3.05, 3.63) is 96.1 Å². The largest absolute Gasteiger partial charge is 0.366 e. The van der Waals surface area contributed by atoms with Gasteiger partial charge in [-0.15, -0.1) is 12.8 Å². The van der Waals surface area contributed by atoms with Crippen LogP contribution in [0.1, 0.15) is 22.3 Å². The third kappa shape index (κ3) is 4.07. The van der Waals surface area contributed by atoms with E-state index in [0.717, 1.165) is 27.5 Å². The van der Waals surface area contributed by atoms with Crippen molar-refractivity contribution < 1.29 is 4.79 Å². The summed E-state index contributed by atoms with van der Waals surface area (Å²) in [7, 11) is 0. The molecule has 142 valence electrons. The van der Waals surface area contributed by atoms with Crippen molar-refractivity contribution in [1.29, 1.82) is 5.41 Å². The molecule has 0 bridgehead atoms. The van der Waals surface area contributed by atoms with E-state index >= 15 is 0 Å². The highest BCUT2D eigenvalue weighted by atomic mass is 16.1. The summed E-state index contributed by atoms with van der Waals surface area (Å²) in [6.45, 7) is 7.71. The maximum absolute atomic E-state index is 12.5. The summed E-state index contributed by atoms with van der Waals surface area (Å²) in [6.07, 6.45) is 12.6. The number of rotatable bonds is 6. The monoisotopic (exact) mass is 378 g/mol. The molecule has 0 aliphatic heterocycles. The third-order valence-electron chi connectivity index (χ3n) is 4.57. The second-order valence-corrected chi connectivity index (χ2v) is 6.04. The molecule has 3 heteroatoms. The van der Waals surface area contributed by atoms with Gasteiger partial charge in [0.1, 0.15) is 0 Å². The number of nitrogens with two attached hydrogens (primary N) is 1. The predicted octanol–water partition coefficient (Wildman–Crippen LogP) is 5.42. The molecule has 0 aromatic heterocycles. The zero-order valence-electron chi connectivity index (χ0n) is 16.1. The van der Waals surface area contributed by atoms with Gasteiger partial charge >= 0.3 is 0 Å². The van der Waals surface area contributed by atoms with E-state index in [4.69, 9.17) is 11.1 Å². The first kappa shape index (κ1) is 21.1. The summed E-state index contributed by atoms with van der Waals surface area (Å²) in [4.78, 5) is 12.5. The minimum atomic E-state index is -0.580. The molecular formula is C26H22N2O. The highest BCUT2D eigenvalue weighted by molar-refractivity contribution is 6.37. The van der Waals surface area contributed by atoms with Crippen molar-refractivity contribution >= 4 is 46.2 Å².